The molecule has 4 heteroatoms. The molecule has 2 nitrogen and oxygen atoms in total. The van der Waals surface area contributed by atoms with Crippen molar-refractivity contribution in [1.29, 1.82) is 0 Å². The van der Waals surface area contributed by atoms with Gasteiger partial charge in [-0.1, -0.05) is 11.6 Å². The number of halogens is 2. The van der Waals surface area contributed by atoms with E-state index in [-0.39, 0.29) is 11.7 Å². The smallest absolute Gasteiger partial charge is 0.178 e. The highest BCUT2D eigenvalue weighted by molar-refractivity contribution is 6.37. The molecule has 0 aliphatic carbocycles. The lowest BCUT2D eigenvalue weighted by Crippen LogP contribution is -2.24. The van der Waals surface area contributed by atoms with Gasteiger partial charge >= 0.3 is 0 Å². The first-order chi connectivity index (χ1) is 4.74. The van der Waals surface area contributed by atoms with Gasteiger partial charge in [0.05, 0.1) is 12.0 Å². The molecule has 1 aliphatic heterocycles. The lowest BCUT2D eigenvalue weighted by atomic mass is 10.3. The van der Waals surface area contributed by atoms with E-state index in [0.717, 1.165) is 0 Å². The van der Waals surface area contributed by atoms with Crippen molar-refractivity contribution in [1.82, 2.24) is 0 Å². The molecule has 0 aromatic rings. The highest BCUT2D eigenvalue weighted by Gasteiger charge is 2.19. The summed E-state index contributed by atoms with van der Waals surface area (Å²) < 4.78 is 9.96. The summed E-state index contributed by atoms with van der Waals surface area (Å²) in [4.78, 5) is 0. The Kier molecular flexibility index (Phi) is 2.98. The van der Waals surface area contributed by atoms with Gasteiger partial charge in [0.25, 0.3) is 0 Å². The average Bonchev–Trinajstić information content (AvgIpc) is 1.95. The molecular weight excluding hydrogens is 175 g/mol. The molecule has 1 heterocycles. The van der Waals surface area contributed by atoms with Crippen LogP contribution >= 0.6 is 23.2 Å². The Morgan fingerprint density at radius 2 is 2.50 bits per heavy atom. The molecule has 0 bridgehead atoms. The van der Waals surface area contributed by atoms with Crippen LogP contribution in [0.1, 0.15) is 0 Å². The summed E-state index contributed by atoms with van der Waals surface area (Å²) in [5.74, 6) is 0. The maximum Gasteiger partial charge on any atom is 0.178 e. The third-order valence-corrected chi connectivity index (χ3v) is 2.10. The Labute approximate surface area is 69.7 Å². The standard InChI is InChI=1S/C6H8Cl2O2/c1-9-6-2-4(7)5(8)3-10-6/h2,5-6H,3H2,1H3/t5-,6-/m1/s1. The zero-order valence-corrected chi connectivity index (χ0v) is 7.02. The largest absolute Gasteiger partial charge is 0.352 e. The van der Waals surface area contributed by atoms with Gasteiger partial charge < -0.3 is 9.47 Å². The summed E-state index contributed by atoms with van der Waals surface area (Å²) in [5, 5.41) is 0.382. The highest BCUT2D eigenvalue weighted by Crippen LogP contribution is 2.21. The second kappa shape index (κ2) is 3.58. The molecular formula is C6H8Cl2O2. The van der Waals surface area contributed by atoms with E-state index in [4.69, 9.17) is 32.7 Å². The number of alkyl halides is 1. The van der Waals surface area contributed by atoms with Crippen LogP contribution in [-0.4, -0.2) is 25.4 Å². The van der Waals surface area contributed by atoms with E-state index in [1.165, 1.54) is 0 Å². The number of methoxy groups -OCH3 is 1. The molecule has 1 rings (SSSR count). The van der Waals surface area contributed by atoms with Crippen LogP contribution < -0.4 is 0 Å². The number of hydrogen-bond donors (Lipinski definition) is 0. The van der Waals surface area contributed by atoms with Crippen LogP contribution in [-0.2, 0) is 9.47 Å². The first kappa shape index (κ1) is 8.34. The zero-order valence-electron chi connectivity index (χ0n) is 5.51. The molecule has 0 aromatic heterocycles. The van der Waals surface area contributed by atoms with E-state index < -0.39 is 0 Å². The number of hydrogen-bond acceptors (Lipinski definition) is 2. The molecule has 0 spiro atoms. The van der Waals surface area contributed by atoms with Gasteiger partial charge in [-0.15, -0.1) is 11.6 Å². The van der Waals surface area contributed by atoms with Crippen LogP contribution in [0.3, 0.4) is 0 Å². The van der Waals surface area contributed by atoms with E-state index in [1.54, 1.807) is 13.2 Å². The normalized spacial score (nSPS) is 33.7. The molecule has 0 unspecified atom stereocenters. The second-order valence-electron chi connectivity index (χ2n) is 1.96. The molecule has 2 atom stereocenters. The molecule has 1 aliphatic rings. The van der Waals surface area contributed by atoms with Crippen molar-refractivity contribution in [2.45, 2.75) is 11.7 Å². The minimum atomic E-state index is -0.331. The minimum absolute atomic E-state index is 0.215. The van der Waals surface area contributed by atoms with Gasteiger partial charge in [-0.2, -0.15) is 0 Å². The fraction of sp³-hybridized carbons (Fsp3) is 0.667. The van der Waals surface area contributed by atoms with Crippen molar-refractivity contribution in [3.63, 3.8) is 0 Å². The fourth-order valence-corrected chi connectivity index (χ4v) is 0.989. The van der Waals surface area contributed by atoms with Gasteiger partial charge in [0.1, 0.15) is 0 Å². The van der Waals surface area contributed by atoms with Crippen LogP contribution in [0.15, 0.2) is 11.1 Å². The van der Waals surface area contributed by atoms with Gasteiger partial charge in [0, 0.05) is 12.1 Å². The van der Waals surface area contributed by atoms with Crippen molar-refractivity contribution >= 4 is 23.2 Å². The lowest BCUT2D eigenvalue weighted by molar-refractivity contribution is -0.0943. The maximum absolute atomic E-state index is 5.71. The van der Waals surface area contributed by atoms with Gasteiger partial charge in [-0.05, 0) is 6.08 Å². The van der Waals surface area contributed by atoms with Gasteiger partial charge in [-0.3, -0.25) is 0 Å². The Bertz CT molecular complexity index is 147. The van der Waals surface area contributed by atoms with Crippen LogP contribution in [0, 0.1) is 0 Å². The summed E-state index contributed by atoms with van der Waals surface area (Å²) in [6.45, 7) is 0.412. The molecule has 0 saturated carbocycles. The first-order valence-electron chi connectivity index (χ1n) is 2.89. The van der Waals surface area contributed by atoms with E-state index in [1.807, 2.05) is 0 Å². The SMILES string of the molecule is CO[C@H]1C=C(Cl)[C@H](Cl)CO1. The molecule has 0 radical (unpaired) electrons. The first-order valence-corrected chi connectivity index (χ1v) is 3.71. The van der Waals surface area contributed by atoms with Crippen molar-refractivity contribution in [3.8, 4) is 0 Å². The summed E-state index contributed by atoms with van der Waals surface area (Å²) in [5.41, 5.74) is 0. The van der Waals surface area contributed by atoms with E-state index >= 15 is 0 Å². The third kappa shape index (κ3) is 1.86. The monoisotopic (exact) mass is 182 g/mol. The van der Waals surface area contributed by atoms with Gasteiger partial charge in [0.15, 0.2) is 6.29 Å². The Morgan fingerprint density at radius 3 is 3.00 bits per heavy atom. The molecule has 0 N–H and O–H groups in total. The summed E-state index contributed by atoms with van der Waals surface area (Å²) >= 11 is 11.4. The topological polar surface area (TPSA) is 18.5 Å². The van der Waals surface area contributed by atoms with Crippen LogP contribution in [0.2, 0.25) is 0 Å². The van der Waals surface area contributed by atoms with E-state index in [0.29, 0.717) is 11.6 Å². The number of rotatable bonds is 1. The molecule has 58 valence electrons. The summed E-state index contributed by atoms with van der Waals surface area (Å²) in [6.07, 6.45) is 1.32. The van der Waals surface area contributed by atoms with Crippen molar-refractivity contribution in [2.75, 3.05) is 13.7 Å². The van der Waals surface area contributed by atoms with Gasteiger partial charge in [0.2, 0.25) is 0 Å². The number of ether oxygens (including phenoxy) is 2. The molecule has 0 saturated heterocycles. The highest BCUT2D eigenvalue weighted by atomic mass is 35.5. The third-order valence-electron chi connectivity index (χ3n) is 1.23. The lowest BCUT2D eigenvalue weighted by Gasteiger charge is -2.21. The van der Waals surface area contributed by atoms with E-state index in [2.05, 4.69) is 0 Å². The van der Waals surface area contributed by atoms with Crippen LogP contribution in [0.5, 0.6) is 0 Å². The fourth-order valence-electron chi connectivity index (χ4n) is 0.678. The van der Waals surface area contributed by atoms with Crippen molar-refractivity contribution in [3.05, 3.63) is 11.1 Å². The maximum atomic E-state index is 5.71. The van der Waals surface area contributed by atoms with Gasteiger partial charge in [-0.25, -0.2) is 0 Å². The van der Waals surface area contributed by atoms with Crippen molar-refractivity contribution in [2.24, 2.45) is 0 Å². The van der Waals surface area contributed by atoms with Crippen LogP contribution in [0.4, 0.5) is 0 Å². The quantitative estimate of drug-likeness (QED) is 0.576. The molecule has 0 aromatic carbocycles. The molecule has 0 fully saturated rings. The Morgan fingerprint density at radius 1 is 1.80 bits per heavy atom. The average molecular weight is 183 g/mol. The predicted octanol–water partition coefficient (Wildman–Crippen LogP) is 1.72. The zero-order chi connectivity index (χ0) is 7.56. The Hall–Kier alpha value is 0.240. The Balaban J connectivity index is 2.56. The minimum Gasteiger partial charge on any atom is -0.352 e. The second-order valence-corrected chi connectivity index (χ2v) is 2.92. The molecule has 10 heavy (non-hydrogen) atoms. The van der Waals surface area contributed by atoms with Crippen LogP contribution in [0.25, 0.3) is 0 Å². The molecule has 0 amide bonds. The summed E-state index contributed by atoms with van der Waals surface area (Å²) in [6, 6.07) is 0. The van der Waals surface area contributed by atoms with E-state index in [9.17, 15) is 0 Å². The van der Waals surface area contributed by atoms with Crippen molar-refractivity contribution < 1.29 is 9.47 Å². The summed E-state index contributed by atoms with van der Waals surface area (Å²) in [7, 11) is 1.56. The predicted molar refractivity (Wildman–Crippen MR) is 40.3 cm³/mol.